The molecule has 1 heterocycles. The molecule has 1 aromatic heterocycles. The van der Waals surface area contributed by atoms with Crippen molar-refractivity contribution in [1.29, 1.82) is 0 Å². The van der Waals surface area contributed by atoms with Gasteiger partial charge in [-0.1, -0.05) is 0 Å². The molecule has 20 heavy (non-hydrogen) atoms. The Balaban J connectivity index is 0.00000200. The molecule has 1 amide bonds. The van der Waals surface area contributed by atoms with Gasteiger partial charge in [0.15, 0.2) is 17.8 Å². The van der Waals surface area contributed by atoms with Crippen molar-refractivity contribution in [3.8, 4) is 11.3 Å². The number of hydrogen-bond donors (Lipinski definition) is 2. The highest BCUT2D eigenvalue weighted by Gasteiger charge is 2.20. The van der Waals surface area contributed by atoms with Crippen molar-refractivity contribution < 1.29 is 18.0 Å². The monoisotopic (exact) mass is 303 g/mol. The van der Waals surface area contributed by atoms with E-state index in [4.69, 9.17) is 10.2 Å². The molecule has 0 fully saturated rings. The Hall–Kier alpha value is -1.99. The molecule has 0 unspecified atom stereocenters. The second-order valence-electron chi connectivity index (χ2n) is 3.70. The van der Waals surface area contributed by atoms with E-state index in [1.165, 1.54) is 6.07 Å². The molecular formula is C12H12ClF2N3O2. The summed E-state index contributed by atoms with van der Waals surface area (Å²) in [7, 11) is 0. The van der Waals surface area contributed by atoms with Gasteiger partial charge in [0.1, 0.15) is 11.6 Å². The van der Waals surface area contributed by atoms with Crippen LogP contribution in [0.2, 0.25) is 0 Å². The molecular weight excluding hydrogens is 292 g/mol. The molecule has 0 aliphatic carbocycles. The molecule has 3 N–H and O–H groups in total. The topological polar surface area (TPSA) is 81.1 Å². The first kappa shape index (κ1) is 16.1. The lowest BCUT2D eigenvalue weighted by Crippen LogP contribution is -2.29. The minimum atomic E-state index is -0.829. The molecule has 1 aromatic carbocycles. The molecule has 0 saturated carbocycles. The number of rotatable bonds is 4. The minimum Gasteiger partial charge on any atom is -0.443 e. The predicted molar refractivity (Wildman–Crippen MR) is 70.5 cm³/mol. The summed E-state index contributed by atoms with van der Waals surface area (Å²) in [6, 6.07) is 2.97. The standard InChI is InChI=1S/C12H11F2N3O2.ClH/c13-7-1-2-8(9(14)5-7)11-10(17-6-19-11)12(18)16-4-3-15;/h1-2,5-6H,3-4,15H2,(H,16,18);1H. The molecule has 0 spiro atoms. The van der Waals surface area contributed by atoms with Crippen molar-refractivity contribution in [2.24, 2.45) is 5.73 Å². The van der Waals surface area contributed by atoms with E-state index in [-0.39, 0.29) is 42.5 Å². The fourth-order valence-corrected chi connectivity index (χ4v) is 1.54. The molecule has 0 aliphatic rings. The van der Waals surface area contributed by atoms with E-state index < -0.39 is 17.5 Å². The number of carbonyl (C=O) groups excluding carboxylic acids is 1. The average Bonchev–Trinajstić information content (AvgIpc) is 2.85. The van der Waals surface area contributed by atoms with E-state index in [9.17, 15) is 13.6 Å². The zero-order valence-electron chi connectivity index (χ0n) is 10.2. The number of carbonyl (C=O) groups is 1. The summed E-state index contributed by atoms with van der Waals surface area (Å²) in [4.78, 5) is 15.5. The van der Waals surface area contributed by atoms with E-state index >= 15 is 0 Å². The lowest BCUT2D eigenvalue weighted by atomic mass is 10.1. The van der Waals surface area contributed by atoms with Gasteiger partial charge in [-0.3, -0.25) is 4.79 Å². The van der Waals surface area contributed by atoms with Gasteiger partial charge in [0.2, 0.25) is 0 Å². The van der Waals surface area contributed by atoms with Crippen molar-refractivity contribution in [3.05, 3.63) is 41.9 Å². The van der Waals surface area contributed by atoms with Crippen LogP contribution in [0, 0.1) is 11.6 Å². The maximum absolute atomic E-state index is 13.6. The van der Waals surface area contributed by atoms with Crippen molar-refractivity contribution >= 4 is 18.3 Å². The fraction of sp³-hybridized carbons (Fsp3) is 0.167. The van der Waals surface area contributed by atoms with Crippen molar-refractivity contribution in [3.63, 3.8) is 0 Å². The highest BCUT2D eigenvalue weighted by molar-refractivity contribution is 5.97. The second-order valence-corrected chi connectivity index (χ2v) is 3.70. The van der Waals surface area contributed by atoms with Crippen LogP contribution in [0.1, 0.15) is 10.5 Å². The van der Waals surface area contributed by atoms with Gasteiger partial charge in [0.25, 0.3) is 5.91 Å². The molecule has 108 valence electrons. The molecule has 5 nitrogen and oxygen atoms in total. The highest BCUT2D eigenvalue weighted by Crippen LogP contribution is 2.26. The summed E-state index contributed by atoms with van der Waals surface area (Å²) >= 11 is 0. The number of oxazole rings is 1. The Labute approximate surface area is 119 Å². The smallest absolute Gasteiger partial charge is 0.273 e. The number of aromatic nitrogens is 1. The van der Waals surface area contributed by atoms with Gasteiger partial charge in [-0.05, 0) is 12.1 Å². The van der Waals surface area contributed by atoms with E-state index in [0.717, 1.165) is 12.5 Å². The van der Waals surface area contributed by atoms with Crippen molar-refractivity contribution in [2.45, 2.75) is 0 Å². The van der Waals surface area contributed by atoms with Crippen molar-refractivity contribution in [1.82, 2.24) is 10.3 Å². The number of nitrogens with zero attached hydrogens (tertiary/aromatic N) is 1. The first-order valence-corrected chi connectivity index (χ1v) is 5.50. The number of benzene rings is 1. The third-order valence-electron chi connectivity index (χ3n) is 2.39. The van der Waals surface area contributed by atoms with Gasteiger partial charge in [-0.15, -0.1) is 12.4 Å². The maximum atomic E-state index is 13.6. The van der Waals surface area contributed by atoms with Crippen LogP contribution in [0.5, 0.6) is 0 Å². The summed E-state index contributed by atoms with van der Waals surface area (Å²) in [6.07, 6.45) is 1.02. The van der Waals surface area contributed by atoms with Crippen LogP contribution in [0.25, 0.3) is 11.3 Å². The fourth-order valence-electron chi connectivity index (χ4n) is 1.54. The summed E-state index contributed by atoms with van der Waals surface area (Å²) < 4.78 is 31.5. The zero-order chi connectivity index (χ0) is 13.8. The normalized spacial score (nSPS) is 9.95. The van der Waals surface area contributed by atoms with E-state index in [0.29, 0.717) is 6.07 Å². The molecule has 0 saturated heterocycles. The Kier molecular flexibility index (Phi) is 5.60. The molecule has 2 rings (SSSR count). The van der Waals surface area contributed by atoms with E-state index in [1.54, 1.807) is 0 Å². The lowest BCUT2D eigenvalue weighted by Gasteiger charge is -2.04. The summed E-state index contributed by atoms with van der Waals surface area (Å²) in [5.41, 5.74) is 5.16. The van der Waals surface area contributed by atoms with Crippen molar-refractivity contribution in [2.75, 3.05) is 13.1 Å². The zero-order valence-corrected chi connectivity index (χ0v) is 11.0. The molecule has 0 bridgehead atoms. The van der Waals surface area contributed by atoms with Crippen LogP contribution in [0.4, 0.5) is 8.78 Å². The van der Waals surface area contributed by atoms with Gasteiger partial charge in [0, 0.05) is 19.2 Å². The summed E-state index contributed by atoms with van der Waals surface area (Å²) in [6.45, 7) is 0.529. The summed E-state index contributed by atoms with van der Waals surface area (Å²) in [5.74, 6) is -2.12. The predicted octanol–water partition coefficient (Wildman–Crippen LogP) is 1.73. The summed E-state index contributed by atoms with van der Waals surface area (Å²) in [5, 5.41) is 2.49. The van der Waals surface area contributed by atoms with Gasteiger partial charge in [-0.25, -0.2) is 13.8 Å². The van der Waals surface area contributed by atoms with Gasteiger partial charge < -0.3 is 15.5 Å². The maximum Gasteiger partial charge on any atom is 0.273 e. The van der Waals surface area contributed by atoms with E-state index in [2.05, 4.69) is 10.3 Å². The van der Waals surface area contributed by atoms with Gasteiger partial charge in [-0.2, -0.15) is 0 Å². The molecule has 2 aromatic rings. The van der Waals surface area contributed by atoms with Gasteiger partial charge >= 0.3 is 0 Å². The van der Waals surface area contributed by atoms with Crippen LogP contribution in [0.15, 0.2) is 29.0 Å². The Morgan fingerprint density at radius 2 is 2.15 bits per heavy atom. The number of nitrogens with one attached hydrogen (secondary N) is 1. The molecule has 0 atom stereocenters. The number of nitrogens with two attached hydrogens (primary N) is 1. The number of halogens is 3. The largest absolute Gasteiger partial charge is 0.443 e. The number of amides is 1. The average molecular weight is 304 g/mol. The third-order valence-corrected chi connectivity index (χ3v) is 2.39. The van der Waals surface area contributed by atoms with Crippen LogP contribution in [-0.2, 0) is 0 Å². The first-order chi connectivity index (χ1) is 9.13. The molecule has 8 heteroatoms. The minimum absolute atomic E-state index is 0. The van der Waals surface area contributed by atoms with Crippen LogP contribution < -0.4 is 11.1 Å². The van der Waals surface area contributed by atoms with Crippen LogP contribution in [0.3, 0.4) is 0 Å². The molecule has 0 aliphatic heterocycles. The Morgan fingerprint density at radius 3 is 2.80 bits per heavy atom. The second kappa shape index (κ2) is 6.97. The van der Waals surface area contributed by atoms with Crippen LogP contribution in [-0.4, -0.2) is 24.0 Å². The third kappa shape index (κ3) is 3.31. The highest BCUT2D eigenvalue weighted by atomic mass is 35.5. The Bertz CT molecular complexity index is 604. The van der Waals surface area contributed by atoms with Crippen LogP contribution >= 0.6 is 12.4 Å². The van der Waals surface area contributed by atoms with Gasteiger partial charge in [0.05, 0.1) is 5.56 Å². The van der Waals surface area contributed by atoms with E-state index in [1.807, 2.05) is 0 Å². The number of hydrogen-bond acceptors (Lipinski definition) is 4. The SMILES string of the molecule is Cl.NCCNC(=O)c1ncoc1-c1ccc(F)cc1F. The lowest BCUT2D eigenvalue weighted by molar-refractivity contribution is 0.0950. The quantitative estimate of drug-likeness (QED) is 0.901. The Morgan fingerprint density at radius 1 is 1.40 bits per heavy atom. The molecule has 0 radical (unpaired) electrons. The first-order valence-electron chi connectivity index (χ1n) is 5.50.